The fraction of sp³-hybridized carbons (Fsp3) is 0.357. The van der Waals surface area contributed by atoms with Gasteiger partial charge in [-0.25, -0.2) is 9.97 Å². The maximum atomic E-state index is 5.78. The van der Waals surface area contributed by atoms with Crippen molar-refractivity contribution in [2.45, 2.75) is 6.42 Å². The Labute approximate surface area is 126 Å². The van der Waals surface area contributed by atoms with E-state index in [2.05, 4.69) is 35.8 Å². The van der Waals surface area contributed by atoms with Gasteiger partial charge in [-0.1, -0.05) is 0 Å². The van der Waals surface area contributed by atoms with Crippen molar-refractivity contribution in [3.05, 3.63) is 41.4 Å². The average Bonchev–Trinajstić information content (AvgIpc) is 2.96. The summed E-state index contributed by atoms with van der Waals surface area (Å²) < 4.78 is 6.68. The second-order valence-corrected chi connectivity index (χ2v) is 5.71. The number of ether oxygens (including phenoxy) is 1. The Morgan fingerprint density at radius 3 is 2.75 bits per heavy atom. The van der Waals surface area contributed by atoms with Crippen LogP contribution in [0, 0.1) is 5.92 Å². The molecule has 0 radical (unpaired) electrons. The van der Waals surface area contributed by atoms with E-state index in [1.54, 1.807) is 24.8 Å². The van der Waals surface area contributed by atoms with Crippen molar-refractivity contribution in [1.82, 2.24) is 15.0 Å². The number of pyridine rings is 1. The molecule has 1 unspecified atom stereocenters. The molecule has 20 heavy (non-hydrogen) atoms. The largest absolute Gasteiger partial charge is 0.493 e. The quantitative estimate of drug-likeness (QED) is 0.859. The molecular weight excluding hydrogens is 320 g/mol. The Kier molecular flexibility index (Phi) is 4.11. The lowest BCUT2D eigenvalue weighted by atomic mass is 10.1. The Morgan fingerprint density at radius 2 is 2.00 bits per heavy atom. The number of halogens is 1. The van der Waals surface area contributed by atoms with Gasteiger partial charge < -0.3 is 9.64 Å². The van der Waals surface area contributed by atoms with Crippen LogP contribution in [0.25, 0.3) is 0 Å². The van der Waals surface area contributed by atoms with Gasteiger partial charge in [-0.15, -0.1) is 0 Å². The number of aromatic nitrogens is 3. The van der Waals surface area contributed by atoms with Gasteiger partial charge in [-0.2, -0.15) is 0 Å². The Bertz CT molecular complexity index is 549. The summed E-state index contributed by atoms with van der Waals surface area (Å²) in [7, 11) is 0. The van der Waals surface area contributed by atoms with E-state index in [0.717, 1.165) is 42.3 Å². The highest BCUT2D eigenvalue weighted by atomic mass is 79.9. The molecule has 0 aromatic carbocycles. The van der Waals surface area contributed by atoms with Crippen LogP contribution in [0.3, 0.4) is 0 Å². The molecule has 1 atom stereocenters. The summed E-state index contributed by atoms with van der Waals surface area (Å²) in [4.78, 5) is 14.8. The molecule has 1 fully saturated rings. The first-order valence-corrected chi connectivity index (χ1v) is 7.36. The van der Waals surface area contributed by atoms with Gasteiger partial charge in [0, 0.05) is 43.8 Å². The molecule has 6 heteroatoms. The minimum Gasteiger partial charge on any atom is -0.493 e. The van der Waals surface area contributed by atoms with E-state index in [4.69, 9.17) is 4.74 Å². The third-order valence-corrected chi connectivity index (χ3v) is 3.72. The van der Waals surface area contributed by atoms with Crippen LogP contribution in [0.2, 0.25) is 0 Å². The normalized spacial score (nSPS) is 18.2. The van der Waals surface area contributed by atoms with Crippen molar-refractivity contribution < 1.29 is 4.74 Å². The van der Waals surface area contributed by atoms with E-state index in [-0.39, 0.29) is 0 Å². The zero-order valence-corrected chi connectivity index (χ0v) is 12.5. The van der Waals surface area contributed by atoms with Gasteiger partial charge in [0.1, 0.15) is 5.75 Å². The van der Waals surface area contributed by atoms with E-state index >= 15 is 0 Å². The van der Waals surface area contributed by atoms with Crippen LogP contribution in [0.5, 0.6) is 5.75 Å². The highest BCUT2D eigenvalue weighted by Gasteiger charge is 2.24. The fourth-order valence-electron chi connectivity index (χ4n) is 2.27. The maximum absolute atomic E-state index is 5.78. The Hall–Kier alpha value is -1.69. The topological polar surface area (TPSA) is 51.1 Å². The molecule has 0 N–H and O–H groups in total. The van der Waals surface area contributed by atoms with E-state index in [1.165, 1.54) is 0 Å². The monoisotopic (exact) mass is 334 g/mol. The second-order valence-electron chi connectivity index (χ2n) is 4.80. The predicted molar refractivity (Wildman–Crippen MR) is 79.8 cm³/mol. The molecule has 0 spiro atoms. The van der Waals surface area contributed by atoms with Crippen LogP contribution >= 0.6 is 15.9 Å². The molecule has 5 nitrogen and oxygen atoms in total. The molecule has 1 aliphatic rings. The van der Waals surface area contributed by atoms with Gasteiger partial charge in [-0.3, -0.25) is 4.98 Å². The van der Waals surface area contributed by atoms with Gasteiger partial charge in [-0.05, 0) is 34.5 Å². The first-order valence-electron chi connectivity index (χ1n) is 6.56. The lowest BCUT2D eigenvalue weighted by Crippen LogP contribution is -2.23. The lowest BCUT2D eigenvalue weighted by molar-refractivity contribution is 0.261. The average molecular weight is 335 g/mol. The Balaban J connectivity index is 1.53. The number of nitrogens with zero attached hydrogens (tertiary/aromatic N) is 4. The third-order valence-electron chi connectivity index (χ3n) is 3.31. The summed E-state index contributed by atoms with van der Waals surface area (Å²) in [5, 5.41) is 0. The molecule has 2 aromatic heterocycles. The molecule has 3 rings (SSSR count). The molecule has 1 saturated heterocycles. The van der Waals surface area contributed by atoms with Crippen molar-refractivity contribution >= 4 is 21.9 Å². The number of hydrogen-bond acceptors (Lipinski definition) is 5. The zero-order chi connectivity index (χ0) is 13.8. The van der Waals surface area contributed by atoms with Crippen molar-refractivity contribution in [2.75, 3.05) is 24.6 Å². The summed E-state index contributed by atoms with van der Waals surface area (Å²) in [5.74, 6) is 2.17. The number of anilines is 1. The fourth-order valence-corrected chi connectivity index (χ4v) is 2.47. The van der Waals surface area contributed by atoms with Crippen LogP contribution < -0.4 is 9.64 Å². The van der Waals surface area contributed by atoms with Crippen molar-refractivity contribution in [1.29, 1.82) is 0 Å². The van der Waals surface area contributed by atoms with E-state index in [9.17, 15) is 0 Å². The van der Waals surface area contributed by atoms with E-state index in [0.29, 0.717) is 5.92 Å². The highest BCUT2D eigenvalue weighted by molar-refractivity contribution is 9.10. The summed E-state index contributed by atoms with van der Waals surface area (Å²) in [6.07, 6.45) is 8.15. The van der Waals surface area contributed by atoms with Gasteiger partial charge in [0.2, 0.25) is 5.95 Å². The molecule has 104 valence electrons. The SMILES string of the molecule is Brc1cnc(N2CCC(COc3ccncc3)C2)nc1. The van der Waals surface area contributed by atoms with Gasteiger partial charge in [0.15, 0.2) is 0 Å². The molecule has 1 aliphatic heterocycles. The van der Waals surface area contributed by atoms with Gasteiger partial charge in [0.25, 0.3) is 0 Å². The minimum absolute atomic E-state index is 0.510. The summed E-state index contributed by atoms with van der Waals surface area (Å²) in [5.41, 5.74) is 0. The van der Waals surface area contributed by atoms with Gasteiger partial charge in [0.05, 0.1) is 11.1 Å². The standard InChI is InChI=1S/C14H15BrN4O/c15-12-7-17-14(18-8-12)19-6-3-11(9-19)10-20-13-1-4-16-5-2-13/h1-2,4-5,7-8,11H,3,6,9-10H2. The molecular formula is C14H15BrN4O. The molecule has 0 amide bonds. The smallest absolute Gasteiger partial charge is 0.225 e. The number of hydrogen-bond donors (Lipinski definition) is 0. The summed E-state index contributed by atoms with van der Waals surface area (Å²) >= 11 is 3.35. The number of rotatable bonds is 4. The highest BCUT2D eigenvalue weighted by Crippen LogP contribution is 2.22. The van der Waals surface area contributed by atoms with Crippen LogP contribution in [0.4, 0.5) is 5.95 Å². The maximum Gasteiger partial charge on any atom is 0.225 e. The van der Waals surface area contributed by atoms with Crippen LogP contribution in [0.15, 0.2) is 41.4 Å². The van der Waals surface area contributed by atoms with Crippen molar-refractivity contribution in [2.24, 2.45) is 5.92 Å². The Morgan fingerprint density at radius 1 is 1.25 bits per heavy atom. The summed E-state index contributed by atoms with van der Waals surface area (Å²) in [6.45, 7) is 2.63. The molecule has 2 aromatic rings. The van der Waals surface area contributed by atoms with Crippen LogP contribution in [-0.4, -0.2) is 34.6 Å². The van der Waals surface area contributed by atoms with Crippen LogP contribution in [-0.2, 0) is 0 Å². The molecule has 0 aliphatic carbocycles. The van der Waals surface area contributed by atoms with E-state index in [1.807, 2.05) is 12.1 Å². The first kappa shape index (κ1) is 13.3. The predicted octanol–water partition coefficient (Wildman–Crippen LogP) is 2.54. The molecule has 0 saturated carbocycles. The lowest BCUT2D eigenvalue weighted by Gasteiger charge is -2.16. The minimum atomic E-state index is 0.510. The molecule has 3 heterocycles. The van der Waals surface area contributed by atoms with Crippen molar-refractivity contribution in [3.63, 3.8) is 0 Å². The van der Waals surface area contributed by atoms with Gasteiger partial charge >= 0.3 is 0 Å². The third kappa shape index (κ3) is 3.25. The molecule has 0 bridgehead atoms. The summed E-state index contributed by atoms with van der Waals surface area (Å²) in [6, 6.07) is 3.76. The second kappa shape index (κ2) is 6.17. The van der Waals surface area contributed by atoms with Crippen molar-refractivity contribution in [3.8, 4) is 5.75 Å². The first-order chi connectivity index (χ1) is 9.81. The zero-order valence-electron chi connectivity index (χ0n) is 10.9. The van der Waals surface area contributed by atoms with E-state index < -0.39 is 0 Å². The van der Waals surface area contributed by atoms with Crippen LogP contribution in [0.1, 0.15) is 6.42 Å².